The Balaban J connectivity index is 1.65. The first-order chi connectivity index (χ1) is 12.0. The van der Waals surface area contributed by atoms with Crippen molar-refractivity contribution in [3.05, 3.63) is 75.9 Å². The van der Waals surface area contributed by atoms with Gasteiger partial charge in [0.05, 0.1) is 11.3 Å². The number of carbonyl (C=O) groups is 2. The van der Waals surface area contributed by atoms with Crippen molar-refractivity contribution in [2.45, 2.75) is 5.25 Å². The van der Waals surface area contributed by atoms with Crippen molar-refractivity contribution in [3.63, 3.8) is 0 Å². The number of hydrogen-bond donors (Lipinski definition) is 0. The van der Waals surface area contributed by atoms with Gasteiger partial charge in [-0.15, -0.1) is 0 Å². The number of nitrogens with zero attached hydrogens (tertiary/aromatic N) is 2. The smallest absolute Gasteiger partial charge is 0.264 e. The highest BCUT2D eigenvalue weighted by Crippen LogP contribution is 2.38. The first kappa shape index (κ1) is 16.4. The normalized spacial score (nSPS) is 19.6. The van der Waals surface area contributed by atoms with E-state index in [0.29, 0.717) is 26.3 Å². The lowest BCUT2D eigenvalue weighted by Gasteiger charge is -2.15. The summed E-state index contributed by atoms with van der Waals surface area (Å²) in [5.74, 6) is -0.617. The van der Waals surface area contributed by atoms with Gasteiger partial charge in [0.1, 0.15) is 10.3 Å². The Morgan fingerprint density at radius 2 is 1.52 bits per heavy atom. The summed E-state index contributed by atoms with van der Waals surface area (Å²) >= 11 is 13.1. The molecule has 1 fully saturated rings. The van der Waals surface area contributed by atoms with Crippen molar-refractivity contribution in [2.24, 2.45) is 4.99 Å². The Labute approximate surface area is 158 Å². The van der Waals surface area contributed by atoms with Gasteiger partial charge >= 0.3 is 0 Å². The first-order valence-electron chi connectivity index (χ1n) is 7.39. The molecule has 2 aromatic rings. The van der Waals surface area contributed by atoms with Crippen LogP contribution in [0.1, 0.15) is 5.56 Å². The van der Waals surface area contributed by atoms with Crippen molar-refractivity contribution < 1.29 is 9.59 Å². The molecule has 0 bridgehead atoms. The average Bonchev–Trinajstić information content (AvgIpc) is 2.87. The van der Waals surface area contributed by atoms with Crippen molar-refractivity contribution in [3.8, 4) is 0 Å². The molecule has 0 radical (unpaired) electrons. The van der Waals surface area contributed by atoms with E-state index in [1.54, 1.807) is 36.4 Å². The highest BCUT2D eigenvalue weighted by Gasteiger charge is 2.46. The molecule has 2 aliphatic heterocycles. The summed E-state index contributed by atoms with van der Waals surface area (Å²) in [6, 6.07) is 13.8. The van der Waals surface area contributed by atoms with E-state index in [4.69, 9.17) is 23.2 Å². The summed E-state index contributed by atoms with van der Waals surface area (Å²) in [6.07, 6.45) is 1.49. The van der Waals surface area contributed by atoms with E-state index in [1.807, 2.05) is 12.1 Å². The molecule has 2 heterocycles. The van der Waals surface area contributed by atoms with Crippen molar-refractivity contribution in [1.29, 1.82) is 0 Å². The summed E-state index contributed by atoms with van der Waals surface area (Å²) in [6.45, 7) is 0. The van der Waals surface area contributed by atoms with Crippen LogP contribution in [0, 0.1) is 0 Å². The van der Waals surface area contributed by atoms with Gasteiger partial charge in [-0.2, -0.15) is 0 Å². The van der Waals surface area contributed by atoms with Crippen LogP contribution in [0.2, 0.25) is 10.0 Å². The fourth-order valence-electron chi connectivity index (χ4n) is 2.67. The molecule has 0 aromatic heterocycles. The molecular weight excluding hydrogens is 379 g/mol. The third kappa shape index (κ3) is 2.88. The topological polar surface area (TPSA) is 49.7 Å². The first-order valence-corrected chi connectivity index (χ1v) is 9.02. The molecule has 2 amide bonds. The fourth-order valence-corrected chi connectivity index (χ4v) is 4.02. The summed E-state index contributed by atoms with van der Waals surface area (Å²) in [4.78, 5) is 31.0. The van der Waals surface area contributed by atoms with E-state index in [0.717, 1.165) is 5.56 Å². The van der Waals surface area contributed by atoms with Gasteiger partial charge in [-0.1, -0.05) is 47.1 Å². The number of fused-ring (bicyclic) bond motifs is 1. The second-order valence-electron chi connectivity index (χ2n) is 5.48. The molecule has 0 aliphatic carbocycles. The predicted octanol–water partition coefficient (Wildman–Crippen LogP) is 4.31. The number of aliphatic imine (C=N–C) groups is 1. The number of imide groups is 1. The molecule has 2 aliphatic rings. The molecule has 4 nitrogen and oxygen atoms in total. The van der Waals surface area contributed by atoms with Gasteiger partial charge in [0.15, 0.2) is 0 Å². The molecule has 1 unspecified atom stereocenters. The van der Waals surface area contributed by atoms with Crippen LogP contribution in [-0.2, 0) is 9.59 Å². The van der Waals surface area contributed by atoms with Gasteiger partial charge in [0.2, 0.25) is 0 Å². The van der Waals surface area contributed by atoms with Crippen LogP contribution in [0.15, 0.2) is 65.3 Å². The number of rotatable bonds is 2. The van der Waals surface area contributed by atoms with Gasteiger partial charge < -0.3 is 0 Å². The number of thioether (sulfide) groups is 1. The van der Waals surface area contributed by atoms with Crippen LogP contribution < -0.4 is 4.90 Å². The van der Waals surface area contributed by atoms with Gasteiger partial charge in [-0.3, -0.25) is 9.59 Å². The number of benzene rings is 2. The lowest BCUT2D eigenvalue weighted by Crippen LogP contribution is -2.31. The van der Waals surface area contributed by atoms with E-state index in [-0.39, 0.29) is 11.8 Å². The number of anilines is 1. The second kappa shape index (κ2) is 6.33. The maximum absolute atomic E-state index is 12.8. The molecule has 1 saturated heterocycles. The maximum Gasteiger partial charge on any atom is 0.264 e. The van der Waals surface area contributed by atoms with E-state index in [9.17, 15) is 9.59 Å². The minimum absolute atomic E-state index is 0.273. The average molecular weight is 389 g/mol. The Hall–Kier alpha value is -2.08. The number of amides is 2. The zero-order valence-electron chi connectivity index (χ0n) is 12.6. The van der Waals surface area contributed by atoms with E-state index >= 15 is 0 Å². The second-order valence-corrected chi connectivity index (χ2v) is 7.45. The highest BCUT2D eigenvalue weighted by atomic mass is 35.5. The van der Waals surface area contributed by atoms with Crippen LogP contribution in [0.4, 0.5) is 5.69 Å². The zero-order chi connectivity index (χ0) is 17.6. The van der Waals surface area contributed by atoms with E-state index in [2.05, 4.69) is 4.99 Å². The highest BCUT2D eigenvalue weighted by molar-refractivity contribution is 8.15. The largest absolute Gasteiger partial charge is 0.272 e. The molecule has 2 aromatic carbocycles. The van der Waals surface area contributed by atoms with E-state index in [1.165, 1.54) is 22.9 Å². The number of halogens is 2. The molecule has 0 N–H and O–H groups in total. The number of hydrogen-bond acceptors (Lipinski definition) is 4. The lowest BCUT2D eigenvalue weighted by molar-refractivity contribution is -0.120. The van der Waals surface area contributed by atoms with Gasteiger partial charge in [0, 0.05) is 21.8 Å². The van der Waals surface area contributed by atoms with Gasteiger partial charge in [-0.25, -0.2) is 9.89 Å². The summed E-state index contributed by atoms with van der Waals surface area (Å²) in [7, 11) is 0. The molecule has 1 atom stereocenters. The Bertz CT molecular complexity index is 937. The van der Waals surface area contributed by atoms with Crippen LogP contribution in [0.5, 0.6) is 0 Å². The van der Waals surface area contributed by atoms with Crippen LogP contribution in [0.3, 0.4) is 0 Å². The van der Waals surface area contributed by atoms with Crippen molar-refractivity contribution >= 4 is 57.5 Å². The number of carbonyl (C=O) groups excluding carboxylic acids is 2. The summed E-state index contributed by atoms with van der Waals surface area (Å²) in [5.41, 5.74) is 1.75. The van der Waals surface area contributed by atoms with Crippen LogP contribution in [0.25, 0.3) is 0 Å². The fraction of sp³-hybridized carbons (Fsp3) is 0.0556. The lowest BCUT2D eigenvalue weighted by atomic mass is 10.2. The molecule has 0 spiro atoms. The standard InChI is InChI=1S/C18H10Cl2N2O2S/c19-11-3-1-10(2-4-11)16-21-9-14-15(25-16)18(24)22(17(14)23)13-7-5-12(20)6-8-13/h1-9,15H. The summed E-state index contributed by atoms with van der Waals surface area (Å²) < 4.78 is 0. The molecule has 25 heavy (non-hydrogen) atoms. The van der Waals surface area contributed by atoms with Crippen LogP contribution >= 0.6 is 35.0 Å². The monoisotopic (exact) mass is 388 g/mol. The minimum atomic E-state index is -0.591. The zero-order valence-corrected chi connectivity index (χ0v) is 15.0. The molecule has 124 valence electrons. The molecular formula is C18H10Cl2N2O2S. The summed E-state index contributed by atoms with van der Waals surface area (Å²) in [5, 5.41) is 1.26. The SMILES string of the molecule is O=C1C2=CN=C(c3ccc(Cl)cc3)SC2C(=O)N1c1ccc(Cl)cc1. The maximum atomic E-state index is 12.8. The molecule has 4 rings (SSSR count). The van der Waals surface area contributed by atoms with Crippen molar-refractivity contribution in [1.82, 2.24) is 0 Å². The van der Waals surface area contributed by atoms with E-state index < -0.39 is 5.25 Å². The van der Waals surface area contributed by atoms with Crippen molar-refractivity contribution in [2.75, 3.05) is 4.90 Å². The minimum Gasteiger partial charge on any atom is -0.272 e. The molecule has 0 saturated carbocycles. The van der Waals surface area contributed by atoms with Crippen LogP contribution in [-0.4, -0.2) is 22.1 Å². The Morgan fingerprint density at radius 3 is 2.16 bits per heavy atom. The quantitative estimate of drug-likeness (QED) is 0.720. The van der Waals surface area contributed by atoms with Gasteiger partial charge in [-0.05, 0) is 36.4 Å². The predicted molar refractivity (Wildman–Crippen MR) is 101 cm³/mol. The van der Waals surface area contributed by atoms with Gasteiger partial charge in [0.25, 0.3) is 11.8 Å². The molecule has 7 heteroatoms. The third-order valence-corrected chi connectivity index (χ3v) is 5.66. The third-order valence-electron chi connectivity index (χ3n) is 3.90. The Morgan fingerprint density at radius 1 is 0.920 bits per heavy atom. The Kier molecular flexibility index (Phi) is 4.15.